The number of ether oxygens (including phenoxy) is 1. The summed E-state index contributed by atoms with van der Waals surface area (Å²) < 4.78 is 35.1. The van der Waals surface area contributed by atoms with Gasteiger partial charge < -0.3 is 9.84 Å². The van der Waals surface area contributed by atoms with Gasteiger partial charge in [0.15, 0.2) is 11.6 Å². The molecule has 2 N–H and O–H groups in total. The molecule has 36 heavy (non-hydrogen) atoms. The van der Waals surface area contributed by atoms with Crippen LogP contribution in [0.5, 0.6) is 0 Å². The van der Waals surface area contributed by atoms with Crippen LogP contribution in [0.4, 0.5) is 8.78 Å². The number of nitrogens with zero attached hydrogens (tertiary/aromatic N) is 1. The lowest BCUT2D eigenvalue weighted by atomic mass is 9.92. The van der Waals surface area contributed by atoms with E-state index in [9.17, 15) is 18.7 Å². The first-order chi connectivity index (χ1) is 16.8. The summed E-state index contributed by atoms with van der Waals surface area (Å²) in [5.74, 6) is -3.37. The molecule has 0 saturated carbocycles. The van der Waals surface area contributed by atoms with Crippen molar-refractivity contribution in [3.05, 3.63) is 73.3 Å². The molecular weight excluding hydrogens is 577 g/mol. The molecule has 0 radical (unpaired) electrons. The van der Waals surface area contributed by atoms with E-state index >= 15 is 0 Å². The van der Waals surface area contributed by atoms with E-state index in [4.69, 9.17) is 27.9 Å². The van der Waals surface area contributed by atoms with Gasteiger partial charge in [0.25, 0.3) is 0 Å². The number of nitrogens with one attached hydrogen (secondary N) is 1. The van der Waals surface area contributed by atoms with E-state index in [2.05, 4.69) is 26.2 Å². The first-order valence-electron chi connectivity index (χ1n) is 11.3. The first kappa shape index (κ1) is 28.7. The van der Waals surface area contributed by atoms with Gasteiger partial charge >= 0.3 is 5.97 Å². The van der Waals surface area contributed by atoms with Gasteiger partial charge in [0.2, 0.25) is 0 Å². The van der Waals surface area contributed by atoms with E-state index in [0.717, 1.165) is 10.5 Å². The summed E-state index contributed by atoms with van der Waals surface area (Å²) in [5.41, 5.74) is 0.906. The monoisotopic (exact) mass is 602 g/mol. The van der Waals surface area contributed by atoms with Crippen LogP contribution in [0.25, 0.3) is 10.9 Å². The molecule has 0 fully saturated rings. The van der Waals surface area contributed by atoms with E-state index in [1.165, 1.54) is 6.07 Å². The van der Waals surface area contributed by atoms with Gasteiger partial charge in [0.1, 0.15) is 17.0 Å². The molecule has 0 aliphatic rings. The molecule has 0 spiro atoms. The number of aliphatic hydroxyl groups is 1. The van der Waals surface area contributed by atoms with Crippen molar-refractivity contribution < 1.29 is 23.4 Å². The van der Waals surface area contributed by atoms with Crippen LogP contribution in [0, 0.1) is 18.6 Å². The second kappa shape index (κ2) is 11.7. The van der Waals surface area contributed by atoms with Gasteiger partial charge in [-0.1, -0.05) is 39.1 Å². The number of esters is 1. The molecule has 194 valence electrons. The second-order valence-electron chi connectivity index (χ2n) is 9.49. The lowest BCUT2D eigenvalue weighted by Crippen LogP contribution is -2.29. The first-order valence-corrected chi connectivity index (χ1v) is 12.8. The standard InChI is InChI=1S/C26H27BrCl2F2N2O3/c1-13-21(16-11-15(27)6-9-19(16)33-24(13)29)25(35)32-12-14(5-10-20(34)36-26(2,3)4)22-17(28)7-8-18(30)23(22)31/h6-9,11,14,25,32,35H,5,10,12H2,1-4H3. The summed E-state index contributed by atoms with van der Waals surface area (Å²) in [4.78, 5) is 16.7. The Kier molecular flexibility index (Phi) is 9.33. The summed E-state index contributed by atoms with van der Waals surface area (Å²) in [6.07, 6.45) is -1.17. The fourth-order valence-corrected chi connectivity index (χ4v) is 4.84. The summed E-state index contributed by atoms with van der Waals surface area (Å²) in [7, 11) is 0. The van der Waals surface area contributed by atoms with Crippen LogP contribution in [0.15, 0.2) is 34.8 Å². The number of fused-ring (bicyclic) bond motifs is 1. The zero-order valence-electron chi connectivity index (χ0n) is 20.3. The number of carbonyl (C=O) groups is 1. The molecule has 1 aromatic heterocycles. The zero-order chi connectivity index (χ0) is 26.8. The largest absolute Gasteiger partial charge is 0.460 e. The average molecular weight is 604 g/mol. The molecular formula is C26H27BrCl2F2N2O3. The van der Waals surface area contributed by atoms with Crippen molar-refractivity contribution in [3.63, 3.8) is 0 Å². The highest BCUT2D eigenvalue weighted by molar-refractivity contribution is 9.10. The Morgan fingerprint density at radius 1 is 1.19 bits per heavy atom. The predicted molar refractivity (Wildman–Crippen MR) is 141 cm³/mol. The van der Waals surface area contributed by atoms with Crippen molar-refractivity contribution in [2.75, 3.05) is 6.54 Å². The molecule has 0 aliphatic carbocycles. The van der Waals surface area contributed by atoms with Crippen LogP contribution in [-0.4, -0.2) is 28.2 Å². The maximum absolute atomic E-state index is 14.8. The highest BCUT2D eigenvalue weighted by Gasteiger charge is 2.26. The average Bonchev–Trinajstić information content (AvgIpc) is 2.77. The summed E-state index contributed by atoms with van der Waals surface area (Å²) in [5, 5.41) is 15.0. The van der Waals surface area contributed by atoms with Gasteiger partial charge in [-0.2, -0.15) is 0 Å². The Morgan fingerprint density at radius 3 is 2.56 bits per heavy atom. The second-order valence-corrected chi connectivity index (χ2v) is 11.2. The molecule has 3 aromatic rings. The smallest absolute Gasteiger partial charge is 0.306 e. The third kappa shape index (κ3) is 6.92. The normalized spacial score (nSPS) is 13.6. The molecule has 0 amide bonds. The molecule has 0 aliphatic heterocycles. The molecule has 5 nitrogen and oxygen atoms in total. The van der Waals surface area contributed by atoms with Crippen molar-refractivity contribution in [3.8, 4) is 0 Å². The minimum absolute atomic E-state index is 0.0149. The van der Waals surface area contributed by atoms with Crippen LogP contribution in [0.1, 0.15) is 62.4 Å². The van der Waals surface area contributed by atoms with Crippen molar-refractivity contribution in [2.45, 2.75) is 58.3 Å². The Hall–Kier alpha value is -1.84. The highest BCUT2D eigenvalue weighted by atomic mass is 79.9. The molecule has 2 atom stereocenters. The molecule has 0 saturated heterocycles. The van der Waals surface area contributed by atoms with Crippen LogP contribution in [-0.2, 0) is 9.53 Å². The molecule has 0 bridgehead atoms. The fourth-order valence-electron chi connectivity index (χ4n) is 3.98. The van der Waals surface area contributed by atoms with Crippen molar-refractivity contribution in [1.82, 2.24) is 10.3 Å². The minimum atomic E-state index is -1.22. The molecule has 2 aromatic carbocycles. The van der Waals surface area contributed by atoms with E-state index < -0.39 is 35.4 Å². The van der Waals surface area contributed by atoms with Gasteiger partial charge in [-0.15, -0.1) is 0 Å². The van der Waals surface area contributed by atoms with E-state index in [0.29, 0.717) is 22.0 Å². The molecule has 10 heteroatoms. The molecule has 3 rings (SSSR count). The van der Waals surface area contributed by atoms with Gasteiger partial charge in [0, 0.05) is 44.9 Å². The summed E-state index contributed by atoms with van der Waals surface area (Å²) in [6, 6.07) is 7.61. The van der Waals surface area contributed by atoms with Crippen LogP contribution < -0.4 is 5.32 Å². The minimum Gasteiger partial charge on any atom is -0.460 e. The topological polar surface area (TPSA) is 71.5 Å². The van der Waals surface area contributed by atoms with Crippen LogP contribution in [0.3, 0.4) is 0 Å². The van der Waals surface area contributed by atoms with Crippen molar-refractivity contribution >= 4 is 56.0 Å². The number of hydrogen-bond donors (Lipinski definition) is 2. The number of benzene rings is 2. The van der Waals surface area contributed by atoms with Gasteiger partial charge in [0.05, 0.1) is 5.52 Å². The van der Waals surface area contributed by atoms with Gasteiger partial charge in [-0.3, -0.25) is 10.1 Å². The number of hydrogen-bond acceptors (Lipinski definition) is 5. The Morgan fingerprint density at radius 2 is 1.89 bits per heavy atom. The van der Waals surface area contributed by atoms with Crippen LogP contribution in [0.2, 0.25) is 10.2 Å². The Bertz CT molecular complexity index is 1280. The quantitative estimate of drug-likeness (QED) is 0.122. The lowest BCUT2D eigenvalue weighted by molar-refractivity contribution is -0.155. The van der Waals surface area contributed by atoms with E-state index in [-0.39, 0.29) is 35.1 Å². The number of pyridine rings is 1. The number of carbonyl (C=O) groups excluding carboxylic acids is 1. The number of aromatic nitrogens is 1. The van der Waals surface area contributed by atoms with Crippen molar-refractivity contribution in [1.29, 1.82) is 0 Å². The van der Waals surface area contributed by atoms with Gasteiger partial charge in [-0.05, 0) is 70.0 Å². The molecule has 2 unspecified atom stereocenters. The number of halogens is 5. The summed E-state index contributed by atoms with van der Waals surface area (Å²) >= 11 is 16.0. The van der Waals surface area contributed by atoms with Crippen molar-refractivity contribution in [2.24, 2.45) is 0 Å². The van der Waals surface area contributed by atoms with Gasteiger partial charge in [-0.25, -0.2) is 13.8 Å². The fraction of sp³-hybridized carbons (Fsp3) is 0.385. The number of rotatable bonds is 8. The van der Waals surface area contributed by atoms with E-state index in [1.54, 1.807) is 33.8 Å². The van der Waals surface area contributed by atoms with E-state index in [1.807, 2.05) is 12.1 Å². The summed E-state index contributed by atoms with van der Waals surface area (Å²) in [6.45, 7) is 6.95. The predicted octanol–water partition coefficient (Wildman–Crippen LogP) is 7.38. The number of aliphatic hydroxyl groups excluding tert-OH is 1. The third-order valence-corrected chi connectivity index (χ3v) is 6.81. The Balaban J connectivity index is 1.91. The SMILES string of the molecule is Cc1c(Cl)nc2ccc(Br)cc2c1C(O)NCC(CCC(=O)OC(C)(C)C)c1c(Cl)ccc(F)c1F. The van der Waals surface area contributed by atoms with Crippen LogP contribution >= 0.6 is 39.1 Å². The Labute approximate surface area is 227 Å². The third-order valence-electron chi connectivity index (χ3n) is 5.62. The molecule has 1 heterocycles. The zero-order valence-corrected chi connectivity index (χ0v) is 23.4. The highest BCUT2D eigenvalue weighted by Crippen LogP contribution is 2.34. The maximum atomic E-state index is 14.8. The maximum Gasteiger partial charge on any atom is 0.306 e. The lowest BCUT2D eigenvalue weighted by Gasteiger charge is -2.25.